The highest BCUT2D eigenvalue weighted by molar-refractivity contribution is 5.33. The second-order valence-electron chi connectivity index (χ2n) is 9.27. The molecule has 0 bridgehead atoms. The Balaban J connectivity index is 1.59. The van der Waals surface area contributed by atoms with Crippen LogP contribution in [0.25, 0.3) is 0 Å². The van der Waals surface area contributed by atoms with Crippen LogP contribution < -0.4 is 9.47 Å². The Hall–Kier alpha value is -1.46. The number of hydrogen-bond donors (Lipinski definition) is 0. The van der Waals surface area contributed by atoms with Gasteiger partial charge in [0, 0.05) is 11.5 Å². The van der Waals surface area contributed by atoms with Gasteiger partial charge in [0.1, 0.15) is 5.75 Å². The SMILES string of the molecule is CCCCC1(COc2ccc(OC(F)(F)F)c(F)c2)CCC(C2CCCCC2)CC1. The van der Waals surface area contributed by atoms with E-state index < -0.39 is 17.9 Å². The van der Waals surface area contributed by atoms with Gasteiger partial charge in [-0.3, -0.25) is 0 Å². The van der Waals surface area contributed by atoms with Gasteiger partial charge in [-0.05, 0) is 56.1 Å². The molecule has 6 heteroatoms. The van der Waals surface area contributed by atoms with Crippen LogP contribution in [0.15, 0.2) is 18.2 Å². The van der Waals surface area contributed by atoms with Crippen molar-refractivity contribution < 1.29 is 27.0 Å². The van der Waals surface area contributed by atoms with Gasteiger partial charge in [0.25, 0.3) is 0 Å². The van der Waals surface area contributed by atoms with Crippen LogP contribution in [0.5, 0.6) is 11.5 Å². The third-order valence-electron chi connectivity index (χ3n) is 7.14. The fourth-order valence-electron chi connectivity index (χ4n) is 5.36. The first-order chi connectivity index (χ1) is 14.3. The minimum Gasteiger partial charge on any atom is -0.493 e. The van der Waals surface area contributed by atoms with Gasteiger partial charge >= 0.3 is 6.36 Å². The van der Waals surface area contributed by atoms with Gasteiger partial charge < -0.3 is 9.47 Å². The van der Waals surface area contributed by atoms with Crippen LogP contribution >= 0.6 is 0 Å². The molecule has 1 aromatic carbocycles. The minimum atomic E-state index is -4.91. The summed E-state index contributed by atoms with van der Waals surface area (Å²) in [6, 6.07) is 3.32. The largest absolute Gasteiger partial charge is 0.573 e. The van der Waals surface area contributed by atoms with E-state index in [0.717, 1.165) is 56.1 Å². The maximum absolute atomic E-state index is 14.0. The van der Waals surface area contributed by atoms with Crippen LogP contribution in [0.2, 0.25) is 0 Å². The van der Waals surface area contributed by atoms with Gasteiger partial charge in [-0.2, -0.15) is 0 Å². The van der Waals surface area contributed by atoms with Crippen molar-refractivity contribution in [3.63, 3.8) is 0 Å². The Kier molecular flexibility index (Phi) is 7.92. The number of hydrogen-bond acceptors (Lipinski definition) is 2. The van der Waals surface area contributed by atoms with Crippen LogP contribution in [0.3, 0.4) is 0 Å². The molecule has 0 heterocycles. The first-order valence-corrected chi connectivity index (χ1v) is 11.5. The predicted molar refractivity (Wildman–Crippen MR) is 109 cm³/mol. The number of unbranched alkanes of at least 4 members (excludes halogenated alkanes) is 1. The number of rotatable bonds is 8. The molecule has 0 radical (unpaired) electrons. The average Bonchev–Trinajstić information content (AvgIpc) is 2.73. The molecular formula is C24H34F4O2. The molecule has 2 fully saturated rings. The van der Waals surface area contributed by atoms with Crippen molar-refractivity contribution in [2.24, 2.45) is 17.3 Å². The van der Waals surface area contributed by atoms with Crippen molar-refractivity contribution in [2.75, 3.05) is 6.61 Å². The highest BCUT2D eigenvalue weighted by Gasteiger charge is 2.38. The number of halogens is 4. The second kappa shape index (κ2) is 10.2. The van der Waals surface area contributed by atoms with E-state index in [2.05, 4.69) is 11.7 Å². The molecule has 2 saturated carbocycles. The molecule has 0 spiro atoms. The summed E-state index contributed by atoms with van der Waals surface area (Å²) in [5.41, 5.74) is 0.0821. The highest BCUT2D eigenvalue weighted by Crippen LogP contribution is 2.47. The molecule has 0 atom stereocenters. The smallest absolute Gasteiger partial charge is 0.493 e. The Morgan fingerprint density at radius 1 is 1.00 bits per heavy atom. The summed E-state index contributed by atoms with van der Waals surface area (Å²) < 4.78 is 60.6. The maximum atomic E-state index is 14.0. The molecule has 2 aliphatic carbocycles. The maximum Gasteiger partial charge on any atom is 0.573 e. The summed E-state index contributed by atoms with van der Waals surface area (Å²) in [6.07, 6.45) is 9.95. The molecule has 0 aliphatic heterocycles. The lowest BCUT2D eigenvalue weighted by Gasteiger charge is -2.43. The van der Waals surface area contributed by atoms with Gasteiger partial charge in [0.2, 0.25) is 0 Å². The molecule has 0 amide bonds. The van der Waals surface area contributed by atoms with Crippen LogP contribution in [-0.2, 0) is 0 Å². The van der Waals surface area contributed by atoms with Gasteiger partial charge in [0.15, 0.2) is 11.6 Å². The zero-order chi connectivity index (χ0) is 21.6. The summed E-state index contributed by atoms with van der Waals surface area (Å²) >= 11 is 0. The summed E-state index contributed by atoms with van der Waals surface area (Å²) in [5, 5.41) is 0. The first kappa shape index (κ1) is 23.2. The molecule has 0 unspecified atom stereocenters. The number of ether oxygens (including phenoxy) is 2. The van der Waals surface area contributed by atoms with Gasteiger partial charge in [-0.1, -0.05) is 51.9 Å². The number of benzene rings is 1. The fraction of sp³-hybridized carbons (Fsp3) is 0.750. The van der Waals surface area contributed by atoms with Crippen molar-refractivity contribution in [2.45, 2.75) is 90.3 Å². The lowest BCUT2D eigenvalue weighted by atomic mass is 9.64. The van der Waals surface area contributed by atoms with E-state index >= 15 is 0 Å². The van der Waals surface area contributed by atoms with E-state index in [1.54, 1.807) is 0 Å². The lowest BCUT2D eigenvalue weighted by molar-refractivity contribution is -0.275. The summed E-state index contributed by atoms with van der Waals surface area (Å²) in [7, 11) is 0. The van der Waals surface area contributed by atoms with E-state index in [1.165, 1.54) is 51.0 Å². The first-order valence-electron chi connectivity index (χ1n) is 11.5. The summed E-state index contributed by atoms with van der Waals surface area (Å²) in [5.74, 6) is 0.0553. The quantitative estimate of drug-likeness (QED) is 0.388. The van der Waals surface area contributed by atoms with Gasteiger partial charge in [0.05, 0.1) is 6.61 Å². The van der Waals surface area contributed by atoms with E-state index in [9.17, 15) is 17.6 Å². The van der Waals surface area contributed by atoms with E-state index in [0.29, 0.717) is 6.61 Å². The zero-order valence-corrected chi connectivity index (χ0v) is 17.9. The fourth-order valence-corrected chi connectivity index (χ4v) is 5.36. The molecule has 1 aromatic rings. The average molecular weight is 431 g/mol. The summed E-state index contributed by atoms with van der Waals surface area (Å²) in [4.78, 5) is 0. The number of alkyl halides is 3. The van der Waals surface area contributed by atoms with Crippen molar-refractivity contribution in [1.82, 2.24) is 0 Å². The normalized spacial score (nSPS) is 25.8. The van der Waals surface area contributed by atoms with Gasteiger partial charge in [-0.25, -0.2) is 4.39 Å². The Morgan fingerprint density at radius 3 is 2.27 bits per heavy atom. The van der Waals surface area contributed by atoms with Crippen molar-refractivity contribution in [1.29, 1.82) is 0 Å². The molecule has 3 rings (SSSR count). The van der Waals surface area contributed by atoms with E-state index in [-0.39, 0.29) is 11.2 Å². The Morgan fingerprint density at radius 2 is 1.67 bits per heavy atom. The molecule has 0 aromatic heterocycles. The molecule has 2 nitrogen and oxygen atoms in total. The van der Waals surface area contributed by atoms with Crippen LogP contribution in [0, 0.1) is 23.1 Å². The standard InChI is InChI=1S/C24H34F4O2/c1-2-3-13-23(14-11-19(12-15-23)18-7-5-4-6-8-18)17-29-20-9-10-22(21(25)16-20)30-24(26,27)28/h9-10,16,18-19H,2-8,11-15,17H2,1H3. The molecule has 0 saturated heterocycles. The minimum absolute atomic E-state index is 0.0821. The molecule has 0 N–H and O–H groups in total. The van der Waals surface area contributed by atoms with Crippen molar-refractivity contribution in [3.8, 4) is 11.5 Å². The predicted octanol–water partition coefficient (Wildman–Crippen LogP) is 8.05. The highest BCUT2D eigenvalue weighted by atomic mass is 19.4. The Bertz CT molecular complexity index is 660. The third-order valence-corrected chi connectivity index (χ3v) is 7.14. The van der Waals surface area contributed by atoms with Crippen molar-refractivity contribution in [3.05, 3.63) is 24.0 Å². The Labute approximate surface area is 177 Å². The van der Waals surface area contributed by atoms with Crippen LogP contribution in [0.1, 0.15) is 84.0 Å². The third kappa shape index (κ3) is 6.52. The van der Waals surface area contributed by atoms with E-state index in [4.69, 9.17) is 4.74 Å². The monoisotopic (exact) mass is 430 g/mol. The van der Waals surface area contributed by atoms with Crippen molar-refractivity contribution >= 4 is 0 Å². The lowest BCUT2D eigenvalue weighted by Crippen LogP contribution is -2.35. The molecule has 170 valence electrons. The zero-order valence-electron chi connectivity index (χ0n) is 17.9. The molecular weight excluding hydrogens is 396 g/mol. The molecule has 30 heavy (non-hydrogen) atoms. The van der Waals surface area contributed by atoms with Crippen LogP contribution in [-0.4, -0.2) is 13.0 Å². The van der Waals surface area contributed by atoms with Crippen LogP contribution in [0.4, 0.5) is 17.6 Å². The van der Waals surface area contributed by atoms with E-state index in [1.807, 2.05) is 0 Å². The van der Waals surface area contributed by atoms with Gasteiger partial charge in [-0.15, -0.1) is 13.2 Å². The second-order valence-corrected chi connectivity index (χ2v) is 9.27. The topological polar surface area (TPSA) is 18.5 Å². The summed E-state index contributed by atoms with van der Waals surface area (Å²) in [6.45, 7) is 2.67. The molecule has 2 aliphatic rings.